The van der Waals surface area contributed by atoms with Crippen molar-refractivity contribution >= 4 is 0 Å². The summed E-state index contributed by atoms with van der Waals surface area (Å²) in [6.07, 6.45) is 1.54. The molecule has 0 saturated carbocycles. The van der Waals surface area contributed by atoms with Gasteiger partial charge in [-0.1, -0.05) is 37.3 Å². The Morgan fingerprint density at radius 3 is 2.70 bits per heavy atom. The van der Waals surface area contributed by atoms with E-state index in [0.717, 1.165) is 24.9 Å². The van der Waals surface area contributed by atoms with Gasteiger partial charge in [-0.25, -0.2) is 0 Å². The quantitative estimate of drug-likeness (QED) is 0.539. The van der Waals surface area contributed by atoms with Gasteiger partial charge in [-0.15, -0.1) is 0 Å². The molecule has 2 unspecified atom stereocenters. The predicted molar refractivity (Wildman–Crippen MR) is 80.5 cm³/mol. The minimum Gasteiger partial charge on any atom is -0.396 e. The maximum atomic E-state index is 9.75. The molecule has 4 heteroatoms. The Kier molecular flexibility index (Phi) is 9.24. The summed E-state index contributed by atoms with van der Waals surface area (Å²) in [4.78, 5) is 0. The SMILES string of the molecule is CC(CO)CCCNCC(O)COCc1ccccc1. The fraction of sp³-hybridized carbons (Fsp3) is 0.625. The van der Waals surface area contributed by atoms with Crippen molar-refractivity contribution in [2.24, 2.45) is 5.92 Å². The summed E-state index contributed by atoms with van der Waals surface area (Å²) >= 11 is 0. The van der Waals surface area contributed by atoms with Crippen molar-refractivity contribution in [2.45, 2.75) is 32.5 Å². The van der Waals surface area contributed by atoms with Gasteiger partial charge in [0.25, 0.3) is 0 Å². The molecule has 2 atom stereocenters. The van der Waals surface area contributed by atoms with E-state index < -0.39 is 6.10 Å². The molecule has 3 N–H and O–H groups in total. The molecule has 0 aliphatic rings. The van der Waals surface area contributed by atoms with Crippen LogP contribution in [0.2, 0.25) is 0 Å². The van der Waals surface area contributed by atoms with Crippen LogP contribution in [0.25, 0.3) is 0 Å². The van der Waals surface area contributed by atoms with Gasteiger partial charge in [0, 0.05) is 13.2 Å². The number of benzene rings is 1. The van der Waals surface area contributed by atoms with Crippen molar-refractivity contribution in [3.63, 3.8) is 0 Å². The normalized spacial score (nSPS) is 14.2. The third kappa shape index (κ3) is 8.27. The molecule has 0 heterocycles. The first-order valence-electron chi connectivity index (χ1n) is 7.33. The Labute approximate surface area is 121 Å². The fourth-order valence-electron chi connectivity index (χ4n) is 1.88. The second kappa shape index (κ2) is 10.8. The smallest absolute Gasteiger partial charge is 0.0897 e. The Bertz CT molecular complexity index is 332. The van der Waals surface area contributed by atoms with Crippen molar-refractivity contribution in [1.82, 2.24) is 5.32 Å². The Hall–Kier alpha value is -0.940. The molecule has 0 fully saturated rings. The first-order chi connectivity index (χ1) is 9.72. The van der Waals surface area contributed by atoms with Crippen LogP contribution in [0.4, 0.5) is 0 Å². The van der Waals surface area contributed by atoms with Gasteiger partial charge in [0.2, 0.25) is 0 Å². The second-order valence-electron chi connectivity index (χ2n) is 5.29. The van der Waals surface area contributed by atoms with Crippen LogP contribution in [-0.4, -0.2) is 42.6 Å². The Morgan fingerprint density at radius 1 is 1.25 bits per heavy atom. The Morgan fingerprint density at radius 2 is 2.00 bits per heavy atom. The summed E-state index contributed by atoms with van der Waals surface area (Å²) in [6, 6.07) is 9.94. The van der Waals surface area contributed by atoms with Crippen LogP contribution in [0.1, 0.15) is 25.3 Å². The number of aliphatic hydroxyl groups excluding tert-OH is 2. The fourth-order valence-corrected chi connectivity index (χ4v) is 1.88. The van der Waals surface area contributed by atoms with Gasteiger partial charge in [0.05, 0.1) is 19.3 Å². The summed E-state index contributed by atoms with van der Waals surface area (Å²) < 4.78 is 5.47. The molecule has 0 bridgehead atoms. The number of aliphatic hydroxyl groups is 2. The van der Waals surface area contributed by atoms with E-state index in [2.05, 4.69) is 5.32 Å². The first kappa shape index (κ1) is 17.1. The largest absolute Gasteiger partial charge is 0.396 e. The molecule has 0 radical (unpaired) electrons. The molecule has 4 nitrogen and oxygen atoms in total. The van der Waals surface area contributed by atoms with E-state index in [1.54, 1.807) is 0 Å². The molecular weight excluding hydrogens is 254 g/mol. The van der Waals surface area contributed by atoms with Crippen LogP contribution in [0.15, 0.2) is 30.3 Å². The Balaban J connectivity index is 1.96. The van der Waals surface area contributed by atoms with Crippen LogP contribution in [-0.2, 0) is 11.3 Å². The monoisotopic (exact) mass is 281 g/mol. The number of nitrogens with one attached hydrogen (secondary N) is 1. The van der Waals surface area contributed by atoms with Crippen LogP contribution in [0, 0.1) is 5.92 Å². The average Bonchev–Trinajstić information content (AvgIpc) is 2.47. The third-order valence-corrected chi connectivity index (χ3v) is 3.16. The van der Waals surface area contributed by atoms with Gasteiger partial charge in [-0.2, -0.15) is 0 Å². The van der Waals surface area contributed by atoms with E-state index in [1.807, 2.05) is 37.3 Å². The van der Waals surface area contributed by atoms with Gasteiger partial charge < -0.3 is 20.3 Å². The molecule has 20 heavy (non-hydrogen) atoms. The summed E-state index contributed by atoms with van der Waals surface area (Å²) in [6.45, 7) is 4.56. The topological polar surface area (TPSA) is 61.7 Å². The molecule has 0 aliphatic heterocycles. The molecule has 0 amide bonds. The van der Waals surface area contributed by atoms with E-state index in [4.69, 9.17) is 9.84 Å². The maximum absolute atomic E-state index is 9.75. The number of ether oxygens (including phenoxy) is 1. The van der Waals surface area contributed by atoms with Crippen LogP contribution >= 0.6 is 0 Å². The van der Waals surface area contributed by atoms with E-state index in [-0.39, 0.29) is 6.61 Å². The van der Waals surface area contributed by atoms with Gasteiger partial charge in [0.15, 0.2) is 0 Å². The molecular formula is C16H27NO3. The molecule has 0 saturated heterocycles. The van der Waals surface area contributed by atoms with Gasteiger partial charge >= 0.3 is 0 Å². The van der Waals surface area contributed by atoms with Crippen molar-refractivity contribution in [3.8, 4) is 0 Å². The highest BCUT2D eigenvalue weighted by atomic mass is 16.5. The van der Waals surface area contributed by atoms with Crippen LogP contribution < -0.4 is 5.32 Å². The van der Waals surface area contributed by atoms with E-state index in [1.165, 1.54) is 0 Å². The summed E-state index contributed by atoms with van der Waals surface area (Å²) in [5.41, 5.74) is 1.12. The maximum Gasteiger partial charge on any atom is 0.0897 e. The molecule has 0 spiro atoms. The number of hydrogen-bond donors (Lipinski definition) is 3. The summed E-state index contributed by atoms with van der Waals surface area (Å²) in [7, 11) is 0. The molecule has 1 aromatic carbocycles. The third-order valence-electron chi connectivity index (χ3n) is 3.16. The van der Waals surface area contributed by atoms with Crippen molar-refractivity contribution in [1.29, 1.82) is 0 Å². The minimum absolute atomic E-state index is 0.246. The highest BCUT2D eigenvalue weighted by molar-refractivity contribution is 5.13. The van der Waals surface area contributed by atoms with E-state index in [9.17, 15) is 5.11 Å². The predicted octanol–water partition coefficient (Wildman–Crippen LogP) is 1.56. The van der Waals surface area contributed by atoms with Crippen molar-refractivity contribution < 1.29 is 14.9 Å². The lowest BCUT2D eigenvalue weighted by Crippen LogP contribution is -2.31. The number of hydrogen-bond acceptors (Lipinski definition) is 4. The van der Waals surface area contributed by atoms with Crippen LogP contribution in [0.5, 0.6) is 0 Å². The molecule has 114 valence electrons. The van der Waals surface area contributed by atoms with Crippen LogP contribution in [0.3, 0.4) is 0 Å². The zero-order valence-corrected chi connectivity index (χ0v) is 12.3. The number of rotatable bonds is 11. The molecule has 0 aliphatic carbocycles. The first-order valence-corrected chi connectivity index (χ1v) is 7.33. The highest BCUT2D eigenvalue weighted by Crippen LogP contribution is 2.03. The lowest BCUT2D eigenvalue weighted by Gasteiger charge is -2.13. The van der Waals surface area contributed by atoms with Crippen molar-refractivity contribution in [2.75, 3.05) is 26.3 Å². The zero-order chi connectivity index (χ0) is 14.6. The summed E-state index contributed by atoms with van der Waals surface area (Å²) in [5, 5.41) is 21.8. The lowest BCUT2D eigenvalue weighted by molar-refractivity contribution is 0.0289. The van der Waals surface area contributed by atoms with Gasteiger partial charge in [0.1, 0.15) is 0 Å². The van der Waals surface area contributed by atoms with Gasteiger partial charge in [-0.3, -0.25) is 0 Å². The standard InChI is InChI=1S/C16H27NO3/c1-14(11-18)6-5-9-17-10-16(19)13-20-12-15-7-3-2-4-8-15/h2-4,7-8,14,16-19H,5-6,9-13H2,1H3. The molecule has 1 aromatic rings. The van der Waals surface area contributed by atoms with Crippen molar-refractivity contribution in [3.05, 3.63) is 35.9 Å². The van der Waals surface area contributed by atoms with E-state index >= 15 is 0 Å². The van der Waals surface area contributed by atoms with E-state index in [0.29, 0.717) is 25.7 Å². The summed E-state index contributed by atoms with van der Waals surface area (Å²) in [5.74, 6) is 0.357. The average molecular weight is 281 g/mol. The minimum atomic E-state index is -0.478. The lowest BCUT2D eigenvalue weighted by atomic mass is 10.1. The van der Waals surface area contributed by atoms with Gasteiger partial charge in [-0.05, 0) is 30.9 Å². The molecule has 1 rings (SSSR count). The zero-order valence-electron chi connectivity index (χ0n) is 12.3. The molecule has 0 aromatic heterocycles. The highest BCUT2D eigenvalue weighted by Gasteiger charge is 2.04. The second-order valence-corrected chi connectivity index (χ2v) is 5.29.